The van der Waals surface area contributed by atoms with Gasteiger partial charge in [0, 0.05) is 17.3 Å². The summed E-state index contributed by atoms with van der Waals surface area (Å²) in [6.07, 6.45) is 0.414. The van der Waals surface area contributed by atoms with Gasteiger partial charge in [0.05, 0.1) is 6.04 Å². The molecule has 128 valence electrons. The van der Waals surface area contributed by atoms with E-state index in [1.54, 1.807) is 30.0 Å². The number of amides is 4. The number of rotatable bonds is 2. The van der Waals surface area contributed by atoms with Gasteiger partial charge in [-0.3, -0.25) is 9.59 Å². The number of benzene rings is 1. The van der Waals surface area contributed by atoms with Crippen molar-refractivity contribution < 1.29 is 14.4 Å². The molecular formula is C16H19ClN4O3. The fourth-order valence-electron chi connectivity index (χ4n) is 3.16. The van der Waals surface area contributed by atoms with Gasteiger partial charge >= 0.3 is 6.03 Å². The Labute approximate surface area is 144 Å². The Morgan fingerprint density at radius 1 is 1.38 bits per heavy atom. The number of urea groups is 1. The third kappa shape index (κ3) is 3.17. The summed E-state index contributed by atoms with van der Waals surface area (Å²) in [7, 11) is 0. The molecule has 2 saturated heterocycles. The minimum Gasteiger partial charge on any atom is -0.343 e. The first-order chi connectivity index (χ1) is 11.3. The van der Waals surface area contributed by atoms with E-state index in [-0.39, 0.29) is 23.9 Å². The number of piperazine rings is 1. The Kier molecular flexibility index (Phi) is 4.36. The lowest BCUT2D eigenvalue weighted by Crippen LogP contribution is -2.60. The Hall–Kier alpha value is -2.28. The van der Waals surface area contributed by atoms with Gasteiger partial charge in [-0.1, -0.05) is 11.6 Å². The molecule has 0 saturated carbocycles. The largest absolute Gasteiger partial charge is 0.343 e. The molecular weight excluding hydrogens is 332 g/mol. The maximum absolute atomic E-state index is 12.2. The zero-order valence-electron chi connectivity index (χ0n) is 13.4. The van der Waals surface area contributed by atoms with Crippen LogP contribution in [-0.2, 0) is 9.59 Å². The van der Waals surface area contributed by atoms with Crippen LogP contribution < -0.4 is 16.0 Å². The van der Waals surface area contributed by atoms with Gasteiger partial charge in [-0.05, 0) is 44.0 Å². The number of hydrogen-bond acceptors (Lipinski definition) is 3. The fourth-order valence-corrected chi connectivity index (χ4v) is 3.39. The smallest absolute Gasteiger partial charge is 0.319 e. The molecule has 4 amide bonds. The number of halogens is 1. The number of carbonyl (C=O) groups is 3. The van der Waals surface area contributed by atoms with Crippen molar-refractivity contribution in [3.63, 3.8) is 0 Å². The van der Waals surface area contributed by atoms with Gasteiger partial charge in [-0.15, -0.1) is 0 Å². The summed E-state index contributed by atoms with van der Waals surface area (Å²) in [5, 5.41) is 8.85. The Balaban J connectivity index is 1.62. The SMILES string of the molecule is Cc1cc(Cl)ccc1NC(=O)N[C@H]1C[C@H]2C(=O)N[C@@H](C)C(=O)N2C1. The average molecular weight is 351 g/mol. The molecule has 1 aromatic rings. The van der Waals surface area contributed by atoms with Crippen LogP contribution >= 0.6 is 11.6 Å². The molecule has 0 unspecified atom stereocenters. The van der Waals surface area contributed by atoms with Crippen LogP contribution in [0, 0.1) is 6.92 Å². The first kappa shape index (κ1) is 16.6. The predicted molar refractivity (Wildman–Crippen MR) is 89.9 cm³/mol. The second kappa shape index (κ2) is 6.32. The zero-order valence-corrected chi connectivity index (χ0v) is 14.2. The topological polar surface area (TPSA) is 90.5 Å². The highest BCUT2D eigenvalue weighted by atomic mass is 35.5. The van der Waals surface area contributed by atoms with Crippen molar-refractivity contribution in [1.29, 1.82) is 0 Å². The molecule has 0 aromatic heterocycles. The second-order valence-corrected chi connectivity index (χ2v) is 6.66. The third-order valence-electron chi connectivity index (χ3n) is 4.39. The highest BCUT2D eigenvalue weighted by Gasteiger charge is 2.45. The summed E-state index contributed by atoms with van der Waals surface area (Å²) >= 11 is 5.90. The lowest BCUT2D eigenvalue weighted by Gasteiger charge is -2.32. The molecule has 1 aromatic carbocycles. The van der Waals surface area contributed by atoms with Gasteiger partial charge in [0.1, 0.15) is 12.1 Å². The van der Waals surface area contributed by atoms with Crippen molar-refractivity contribution in [2.24, 2.45) is 0 Å². The first-order valence-corrected chi connectivity index (χ1v) is 8.17. The van der Waals surface area contributed by atoms with Crippen molar-refractivity contribution >= 4 is 35.1 Å². The zero-order chi connectivity index (χ0) is 17.4. The highest BCUT2D eigenvalue weighted by Crippen LogP contribution is 2.23. The molecule has 3 N–H and O–H groups in total. The number of carbonyl (C=O) groups excluding carboxylic acids is 3. The van der Waals surface area contributed by atoms with E-state index in [1.165, 1.54) is 0 Å². The van der Waals surface area contributed by atoms with Crippen LogP contribution in [0.2, 0.25) is 5.02 Å². The van der Waals surface area contributed by atoms with Crippen molar-refractivity contribution in [3.8, 4) is 0 Å². The lowest BCUT2D eigenvalue weighted by molar-refractivity contribution is -0.146. The summed E-state index contributed by atoms with van der Waals surface area (Å²) < 4.78 is 0. The summed E-state index contributed by atoms with van der Waals surface area (Å²) in [5.41, 5.74) is 1.51. The van der Waals surface area contributed by atoms with Gasteiger partial charge in [-0.2, -0.15) is 0 Å². The molecule has 24 heavy (non-hydrogen) atoms. The maximum Gasteiger partial charge on any atom is 0.319 e. The average Bonchev–Trinajstić information content (AvgIpc) is 2.92. The third-order valence-corrected chi connectivity index (χ3v) is 4.62. The minimum atomic E-state index is -0.516. The molecule has 0 radical (unpaired) electrons. The van der Waals surface area contributed by atoms with Crippen molar-refractivity contribution in [2.75, 3.05) is 11.9 Å². The molecule has 3 rings (SSSR count). The van der Waals surface area contributed by atoms with E-state index < -0.39 is 12.1 Å². The van der Waals surface area contributed by atoms with Crippen molar-refractivity contribution in [1.82, 2.24) is 15.5 Å². The van der Waals surface area contributed by atoms with Gasteiger partial charge < -0.3 is 20.9 Å². The summed E-state index contributed by atoms with van der Waals surface area (Å²) in [4.78, 5) is 37.8. The van der Waals surface area contributed by atoms with Crippen LogP contribution in [0.5, 0.6) is 0 Å². The molecule has 8 heteroatoms. The standard InChI is InChI=1S/C16H19ClN4O3/c1-8-5-10(17)3-4-12(8)20-16(24)19-11-6-13-14(22)18-9(2)15(23)21(13)7-11/h3-5,9,11,13H,6-7H2,1-2H3,(H,18,22)(H2,19,20,24)/t9-,11-,13-/m0/s1. The molecule has 0 bridgehead atoms. The molecule has 2 aliphatic rings. The van der Waals surface area contributed by atoms with Crippen LogP contribution in [0.1, 0.15) is 18.9 Å². The van der Waals surface area contributed by atoms with Crippen LogP contribution in [0.15, 0.2) is 18.2 Å². The van der Waals surface area contributed by atoms with E-state index in [0.29, 0.717) is 23.7 Å². The van der Waals surface area contributed by atoms with Crippen molar-refractivity contribution in [2.45, 2.75) is 38.4 Å². The molecule has 0 spiro atoms. The minimum absolute atomic E-state index is 0.113. The first-order valence-electron chi connectivity index (χ1n) is 7.79. The maximum atomic E-state index is 12.2. The van der Waals surface area contributed by atoms with Crippen LogP contribution in [0.3, 0.4) is 0 Å². The number of fused-ring (bicyclic) bond motifs is 1. The highest BCUT2D eigenvalue weighted by molar-refractivity contribution is 6.30. The molecule has 7 nitrogen and oxygen atoms in total. The Bertz CT molecular complexity index is 709. The number of aryl methyl sites for hydroxylation is 1. The van der Waals surface area contributed by atoms with E-state index in [2.05, 4.69) is 16.0 Å². The molecule has 2 heterocycles. The van der Waals surface area contributed by atoms with Gasteiger partial charge in [0.25, 0.3) is 0 Å². The number of anilines is 1. The van der Waals surface area contributed by atoms with E-state index in [1.807, 2.05) is 6.92 Å². The number of nitrogens with zero attached hydrogens (tertiary/aromatic N) is 1. The van der Waals surface area contributed by atoms with Crippen LogP contribution in [-0.4, -0.2) is 47.4 Å². The Morgan fingerprint density at radius 2 is 2.12 bits per heavy atom. The van der Waals surface area contributed by atoms with Gasteiger partial charge in [0.15, 0.2) is 0 Å². The van der Waals surface area contributed by atoms with Gasteiger partial charge in [-0.25, -0.2) is 4.79 Å². The van der Waals surface area contributed by atoms with E-state index >= 15 is 0 Å². The number of nitrogens with one attached hydrogen (secondary N) is 3. The van der Waals surface area contributed by atoms with E-state index in [4.69, 9.17) is 11.6 Å². The summed E-state index contributed by atoms with van der Waals surface area (Å²) in [6.45, 7) is 3.85. The summed E-state index contributed by atoms with van der Waals surface area (Å²) in [6, 6.07) is 3.54. The molecule has 0 aliphatic carbocycles. The summed E-state index contributed by atoms with van der Waals surface area (Å²) in [5.74, 6) is -0.279. The predicted octanol–water partition coefficient (Wildman–Crippen LogP) is 1.26. The van der Waals surface area contributed by atoms with Crippen molar-refractivity contribution in [3.05, 3.63) is 28.8 Å². The monoisotopic (exact) mass is 350 g/mol. The fraction of sp³-hybridized carbons (Fsp3) is 0.438. The second-order valence-electron chi connectivity index (χ2n) is 6.23. The quantitative estimate of drug-likeness (QED) is 0.750. The van der Waals surface area contributed by atoms with Crippen LogP contribution in [0.4, 0.5) is 10.5 Å². The van der Waals surface area contributed by atoms with Crippen LogP contribution in [0.25, 0.3) is 0 Å². The molecule has 2 fully saturated rings. The van der Waals surface area contributed by atoms with Gasteiger partial charge in [0.2, 0.25) is 11.8 Å². The van der Waals surface area contributed by atoms with E-state index in [0.717, 1.165) is 5.56 Å². The Morgan fingerprint density at radius 3 is 2.83 bits per heavy atom. The van der Waals surface area contributed by atoms with E-state index in [9.17, 15) is 14.4 Å². The normalized spacial score (nSPS) is 26.0. The molecule has 3 atom stereocenters. The molecule has 2 aliphatic heterocycles. The number of hydrogen-bond donors (Lipinski definition) is 3. The lowest BCUT2D eigenvalue weighted by atomic mass is 10.1.